The molecule has 2 atom stereocenters. The summed E-state index contributed by atoms with van der Waals surface area (Å²) >= 11 is 0. The van der Waals surface area contributed by atoms with Gasteiger partial charge in [0, 0.05) is 29.6 Å². The molecule has 2 aromatic carbocycles. The van der Waals surface area contributed by atoms with E-state index in [9.17, 15) is 22.7 Å². The van der Waals surface area contributed by atoms with Gasteiger partial charge >= 0.3 is 0 Å². The summed E-state index contributed by atoms with van der Waals surface area (Å²) in [6, 6.07) is 8.78. The molecule has 0 saturated carbocycles. The SMILES string of the molecule is CNC(=O)c1c(-c2ccc(F)cc2)oc2cc3c(cc12)[C@@H](C)O[C@@H](CO)CN3S(C)(=O)=O. The minimum Gasteiger partial charge on any atom is -0.455 e. The number of furan rings is 1. The number of halogens is 1. The fourth-order valence-corrected chi connectivity index (χ4v) is 4.90. The number of aliphatic hydroxyl groups is 1. The number of benzene rings is 2. The zero-order valence-corrected chi connectivity index (χ0v) is 18.6. The second-order valence-electron chi connectivity index (χ2n) is 7.68. The first-order chi connectivity index (χ1) is 15.1. The highest BCUT2D eigenvalue weighted by Crippen LogP contribution is 2.42. The van der Waals surface area contributed by atoms with Crippen LogP contribution in [0.4, 0.5) is 10.1 Å². The van der Waals surface area contributed by atoms with Crippen LogP contribution in [0.2, 0.25) is 0 Å². The maximum absolute atomic E-state index is 13.4. The largest absolute Gasteiger partial charge is 0.455 e. The average Bonchev–Trinajstić information content (AvgIpc) is 3.05. The Morgan fingerprint density at radius 3 is 2.56 bits per heavy atom. The molecule has 0 saturated heterocycles. The molecule has 0 aliphatic carbocycles. The Labute approximate surface area is 184 Å². The lowest BCUT2D eigenvalue weighted by Gasteiger charge is -2.24. The highest BCUT2D eigenvalue weighted by molar-refractivity contribution is 7.92. The number of ether oxygens (including phenoxy) is 1. The van der Waals surface area contributed by atoms with Gasteiger partial charge in [0.25, 0.3) is 5.91 Å². The Hall–Kier alpha value is -2.95. The Morgan fingerprint density at radius 2 is 1.97 bits per heavy atom. The maximum Gasteiger partial charge on any atom is 0.255 e. The van der Waals surface area contributed by atoms with Crippen LogP contribution < -0.4 is 9.62 Å². The van der Waals surface area contributed by atoms with Crippen molar-refractivity contribution in [2.45, 2.75) is 19.1 Å². The molecule has 0 radical (unpaired) electrons. The third-order valence-electron chi connectivity index (χ3n) is 5.47. The Morgan fingerprint density at radius 1 is 1.28 bits per heavy atom. The van der Waals surface area contributed by atoms with E-state index < -0.39 is 34.0 Å². The summed E-state index contributed by atoms with van der Waals surface area (Å²) < 4.78 is 51.6. The van der Waals surface area contributed by atoms with Gasteiger partial charge < -0.3 is 19.6 Å². The van der Waals surface area contributed by atoms with E-state index in [0.29, 0.717) is 27.8 Å². The number of rotatable bonds is 4. The number of aliphatic hydroxyl groups excluding tert-OH is 1. The number of sulfonamides is 1. The second kappa shape index (κ2) is 8.19. The number of anilines is 1. The number of carbonyl (C=O) groups is 1. The van der Waals surface area contributed by atoms with Crippen molar-refractivity contribution >= 4 is 32.6 Å². The molecule has 1 aliphatic heterocycles. The third kappa shape index (κ3) is 3.85. The molecule has 3 aromatic rings. The normalized spacial score (nSPS) is 19.0. The molecule has 2 heterocycles. The van der Waals surface area contributed by atoms with Gasteiger partial charge in [0.2, 0.25) is 10.0 Å². The lowest BCUT2D eigenvalue weighted by atomic mass is 10.0. The first kappa shape index (κ1) is 22.3. The predicted molar refractivity (Wildman–Crippen MR) is 118 cm³/mol. The number of amides is 1. The van der Waals surface area contributed by atoms with Gasteiger partial charge in [0.05, 0.1) is 42.9 Å². The van der Waals surface area contributed by atoms with Crippen LogP contribution in [0.1, 0.15) is 28.9 Å². The van der Waals surface area contributed by atoms with Crippen molar-refractivity contribution in [2.75, 3.05) is 30.8 Å². The molecule has 2 N–H and O–H groups in total. The monoisotopic (exact) mass is 462 g/mol. The summed E-state index contributed by atoms with van der Waals surface area (Å²) in [6.07, 6.45) is -0.195. The molecule has 4 rings (SSSR count). The number of carbonyl (C=O) groups excluding carboxylic acids is 1. The Balaban J connectivity index is 2.01. The molecule has 170 valence electrons. The van der Waals surface area contributed by atoms with E-state index in [1.54, 1.807) is 19.1 Å². The summed E-state index contributed by atoms with van der Waals surface area (Å²) in [5.41, 5.74) is 1.94. The van der Waals surface area contributed by atoms with E-state index in [1.165, 1.54) is 35.6 Å². The minimum absolute atomic E-state index is 0.0635. The van der Waals surface area contributed by atoms with Gasteiger partial charge in [0.1, 0.15) is 17.2 Å². The molecule has 10 heteroatoms. The van der Waals surface area contributed by atoms with Crippen LogP contribution in [0.5, 0.6) is 0 Å². The molecule has 0 fully saturated rings. The summed E-state index contributed by atoms with van der Waals surface area (Å²) in [4.78, 5) is 12.8. The van der Waals surface area contributed by atoms with Crippen molar-refractivity contribution < 1.29 is 31.9 Å². The topological polar surface area (TPSA) is 109 Å². The second-order valence-corrected chi connectivity index (χ2v) is 9.58. The maximum atomic E-state index is 13.4. The molecular formula is C22H23FN2O6S. The lowest BCUT2D eigenvalue weighted by molar-refractivity contribution is -0.0227. The zero-order chi connectivity index (χ0) is 23.2. The van der Waals surface area contributed by atoms with Gasteiger partial charge in [-0.05, 0) is 37.3 Å². The van der Waals surface area contributed by atoms with Crippen LogP contribution in [0.3, 0.4) is 0 Å². The van der Waals surface area contributed by atoms with Crippen molar-refractivity contribution in [3.8, 4) is 11.3 Å². The molecular weight excluding hydrogens is 439 g/mol. The predicted octanol–water partition coefficient (Wildman–Crippen LogP) is 2.82. The highest BCUT2D eigenvalue weighted by atomic mass is 32.2. The molecule has 32 heavy (non-hydrogen) atoms. The Bertz CT molecular complexity index is 1290. The fourth-order valence-electron chi connectivity index (χ4n) is 3.95. The third-order valence-corrected chi connectivity index (χ3v) is 6.62. The van der Waals surface area contributed by atoms with Crippen molar-refractivity contribution in [3.05, 3.63) is 53.3 Å². The van der Waals surface area contributed by atoms with Crippen molar-refractivity contribution in [2.24, 2.45) is 0 Å². The Kier molecular flexibility index (Phi) is 5.70. The standard InChI is InChI=1S/C22H23FN2O6S/c1-12-16-8-17-19(9-18(16)25(32(3,28)29)10-15(11-26)30-12)31-21(20(17)22(27)24-2)13-4-6-14(23)7-5-13/h4-9,12,15,26H,10-11H2,1-3H3,(H,24,27)/t12-,15-/m1/s1. The lowest BCUT2D eigenvalue weighted by Crippen LogP contribution is -2.38. The van der Waals surface area contributed by atoms with Crippen LogP contribution in [0.15, 0.2) is 40.8 Å². The van der Waals surface area contributed by atoms with E-state index >= 15 is 0 Å². The summed E-state index contributed by atoms with van der Waals surface area (Å²) in [5, 5.41) is 12.7. The highest BCUT2D eigenvalue weighted by Gasteiger charge is 2.33. The fraction of sp³-hybridized carbons (Fsp3) is 0.318. The zero-order valence-electron chi connectivity index (χ0n) is 17.8. The number of hydrogen-bond acceptors (Lipinski definition) is 6. The molecule has 0 spiro atoms. The van der Waals surface area contributed by atoms with Crippen LogP contribution in [0, 0.1) is 5.82 Å². The van der Waals surface area contributed by atoms with E-state index in [-0.39, 0.29) is 24.5 Å². The van der Waals surface area contributed by atoms with Crippen molar-refractivity contribution in [3.63, 3.8) is 0 Å². The number of fused-ring (bicyclic) bond motifs is 2. The first-order valence-corrected chi connectivity index (χ1v) is 11.8. The van der Waals surface area contributed by atoms with Crippen LogP contribution in [0.25, 0.3) is 22.3 Å². The number of nitrogens with zero attached hydrogens (tertiary/aromatic N) is 1. The molecule has 1 amide bonds. The molecule has 8 nitrogen and oxygen atoms in total. The minimum atomic E-state index is -3.70. The summed E-state index contributed by atoms with van der Waals surface area (Å²) in [6.45, 7) is 1.34. The number of hydrogen-bond donors (Lipinski definition) is 2. The van der Waals surface area contributed by atoms with E-state index in [0.717, 1.165) is 6.26 Å². The van der Waals surface area contributed by atoms with E-state index in [4.69, 9.17) is 9.15 Å². The molecule has 1 aliphatic rings. The van der Waals surface area contributed by atoms with Gasteiger partial charge in [-0.1, -0.05) is 0 Å². The van der Waals surface area contributed by atoms with Gasteiger partial charge in [-0.15, -0.1) is 0 Å². The van der Waals surface area contributed by atoms with E-state index in [1.807, 2.05) is 0 Å². The van der Waals surface area contributed by atoms with Crippen LogP contribution >= 0.6 is 0 Å². The van der Waals surface area contributed by atoms with Crippen molar-refractivity contribution in [1.82, 2.24) is 5.32 Å². The van der Waals surface area contributed by atoms with E-state index in [2.05, 4.69) is 5.32 Å². The smallest absolute Gasteiger partial charge is 0.255 e. The summed E-state index contributed by atoms with van der Waals surface area (Å²) in [7, 11) is -2.21. The molecule has 1 aromatic heterocycles. The van der Waals surface area contributed by atoms with Crippen molar-refractivity contribution in [1.29, 1.82) is 0 Å². The van der Waals surface area contributed by atoms with Crippen LogP contribution in [-0.4, -0.2) is 52.0 Å². The number of nitrogens with one attached hydrogen (secondary N) is 1. The molecule has 0 unspecified atom stereocenters. The van der Waals surface area contributed by atoms with Gasteiger partial charge in [-0.25, -0.2) is 12.8 Å². The summed E-state index contributed by atoms with van der Waals surface area (Å²) in [5.74, 6) is -0.586. The van der Waals surface area contributed by atoms with Gasteiger partial charge in [-0.3, -0.25) is 9.10 Å². The molecule has 0 bridgehead atoms. The average molecular weight is 462 g/mol. The van der Waals surface area contributed by atoms with Crippen LogP contribution in [-0.2, 0) is 14.8 Å². The quantitative estimate of drug-likeness (QED) is 0.617. The van der Waals surface area contributed by atoms with Gasteiger partial charge in [0.15, 0.2) is 0 Å². The first-order valence-electron chi connectivity index (χ1n) is 9.96. The van der Waals surface area contributed by atoms with Gasteiger partial charge in [-0.2, -0.15) is 0 Å².